The molecule has 1 aliphatic rings. The van der Waals surface area contributed by atoms with Crippen molar-refractivity contribution in [3.05, 3.63) is 0 Å². The summed E-state index contributed by atoms with van der Waals surface area (Å²) >= 11 is 0. The summed E-state index contributed by atoms with van der Waals surface area (Å²) in [4.78, 5) is 24.2. The molecule has 0 aliphatic heterocycles. The first-order valence-electron chi connectivity index (χ1n) is 6.25. The molecule has 0 saturated heterocycles. The number of nitrogens with one attached hydrogen (secondary N) is 1. The molecule has 0 bridgehead atoms. The number of carbonyl (C=O) groups excluding carboxylic acids is 2. The molecule has 1 fully saturated rings. The highest BCUT2D eigenvalue weighted by molar-refractivity contribution is 5.83. The van der Waals surface area contributed by atoms with E-state index in [1.165, 1.54) is 18.2 Å². The van der Waals surface area contributed by atoms with Crippen molar-refractivity contribution >= 4 is 11.8 Å². The van der Waals surface area contributed by atoms with Crippen molar-refractivity contribution in [1.29, 1.82) is 0 Å². The molecule has 0 spiro atoms. The maximum absolute atomic E-state index is 11.7. The molecule has 2 amide bonds. The number of nitrogens with two attached hydrogens (primary N) is 1. The minimum atomic E-state index is -0.0980. The Kier molecular flexibility index (Phi) is 5.41. The first kappa shape index (κ1) is 14.0. The van der Waals surface area contributed by atoms with E-state index < -0.39 is 0 Å². The van der Waals surface area contributed by atoms with Crippen LogP contribution in [0.5, 0.6) is 0 Å². The second kappa shape index (κ2) is 6.59. The third kappa shape index (κ3) is 4.34. The van der Waals surface area contributed by atoms with Crippen LogP contribution in [-0.4, -0.2) is 42.9 Å². The van der Waals surface area contributed by atoms with Crippen LogP contribution in [0.4, 0.5) is 0 Å². The van der Waals surface area contributed by atoms with E-state index in [1.807, 2.05) is 0 Å². The Morgan fingerprint density at radius 2 is 2.00 bits per heavy atom. The molecule has 1 saturated carbocycles. The average molecular weight is 241 g/mol. The number of likely N-dealkylation sites (N-methyl/N-ethyl adjacent to an activating group) is 1. The standard InChI is InChI=1S/C12H23N3O2/c1-9(16)15(2)8-12(17)14-11-6-4-3-5-10(11)7-13/h10-11H,3-8,13H2,1-2H3,(H,14,17). The van der Waals surface area contributed by atoms with Gasteiger partial charge < -0.3 is 16.0 Å². The number of amides is 2. The third-order valence-electron chi connectivity index (χ3n) is 3.48. The van der Waals surface area contributed by atoms with Crippen LogP contribution in [0, 0.1) is 5.92 Å². The normalized spacial score (nSPS) is 24.2. The summed E-state index contributed by atoms with van der Waals surface area (Å²) in [6.45, 7) is 2.20. The van der Waals surface area contributed by atoms with Gasteiger partial charge in [0, 0.05) is 20.0 Å². The van der Waals surface area contributed by atoms with Crippen molar-refractivity contribution in [2.24, 2.45) is 11.7 Å². The smallest absolute Gasteiger partial charge is 0.239 e. The maximum atomic E-state index is 11.7. The summed E-state index contributed by atoms with van der Waals surface area (Å²) in [5.41, 5.74) is 5.70. The molecule has 17 heavy (non-hydrogen) atoms. The average Bonchev–Trinajstić information content (AvgIpc) is 2.29. The lowest BCUT2D eigenvalue weighted by Gasteiger charge is -2.31. The molecule has 0 radical (unpaired) electrons. The van der Waals surface area contributed by atoms with Crippen molar-refractivity contribution in [3.63, 3.8) is 0 Å². The molecule has 98 valence electrons. The minimum absolute atomic E-state index is 0.0898. The zero-order valence-electron chi connectivity index (χ0n) is 10.7. The minimum Gasteiger partial charge on any atom is -0.352 e. The lowest BCUT2D eigenvalue weighted by atomic mass is 9.84. The Bertz CT molecular complexity index is 281. The quantitative estimate of drug-likeness (QED) is 0.733. The zero-order valence-corrected chi connectivity index (χ0v) is 10.7. The molecule has 1 aliphatic carbocycles. The van der Waals surface area contributed by atoms with Gasteiger partial charge in [0.1, 0.15) is 0 Å². The summed E-state index contributed by atoms with van der Waals surface area (Å²) in [7, 11) is 1.63. The van der Waals surface area contributed by atoms with E-state index in [2.05, 4.69) is 5.32 Å². The largest absolute Gasteiger partial charge is 0.352 e. The zero-order chi connectivity index (χ0) is 12.8. The molecule has 2 atom stereocenters. The van der Waals surface area contributed by atoms with Gasteiger partial charge in [-0.2, -0.15) is 0 Å². The van der Waals surface area contributed by atoms with Gasteiger partial charge in [-0.1, -0.05) is 12.8 Å². The Morgan fingerprint density at radius 3 is 2.59 bits per heavy atom. The number of hydrogen-bond acceptors (Lipinski definition) is 3. The molecule has 0 heterocycles. The van der Waals surface area contributed by atoms with Gasteiger partial charge in [0.25, 0.3) is 0 Å². The second-order valence-electron chi connectivity index (χ2n) is 4.83. The monoisotopic (exact) mass is 241 g/mol. The first-order valence-corrected chi connectivity index (χ1v) is 6.25. The highest BCUT2D eigenvalue weighted by Crippen LogP contribution is 2.23. The summed E-state index contributed by atoms with van der Waals surface area (Å²) in [5.74, 6) is 0.197. The van der Waals surface area contributed by atoms with Crippen LogP contribution < -0.4 is 11.1 Å². The van der Waals surface area contributed by atoms with E-state index in [9.17, 15) is 9.59 Å². The molecular formula is C12H23N3O2. The molecule has 5 heteroatoms. The molecule has 2 unspecified atom stereocenters. The first-order chi connectivity index (χ1) is 8.04. The fraction of sp³-hybridized carbons (Fsp3) is 0.833. The van der Waals surface area contributed by atoms with Crippen molar-refractivity contribution in [2.75, 3.05) is 20.1 Å². The van der Waals surface area contributed by atoms with Gasteiger partial charge in [0.15, 0.2) is 0 Å². The Labute approximate surface area is 103 Å². The van der Waals surface area contributed by atoms with Crippen LogP contribution in [-0.2, 0) is 9.59 Å². The summed E-state index contributed by atoms with van der Waals surface area (Å²) in [6, 6.07) is 0.182. The van der Waals surface area contributed by atoms with Crippen LogP contribution in [0.15, 0.2) is 0 Å². The predicted molar refractivity (Wildman–Crippen MR) is 66.3 cm³/mol. The van der Waals surface area contributed by atoms with E-state index in [0.717, 1.165) is 19.3 Å². The van der Waals surface area contributed by atoms with Gasteiger partial charge in [-0.15, -0.1) is 0 Å². The van der Waals surface area contributed by atoms with E-state index in [0.29, 0.717) is 12.5 Å². The number of rotatable bonds is 4. The molecule has 0 aromatic carbocycles. The number of hydrogen-bond donors (Lipinski definition) is 2. The van der Waals surface area contributed by atoms with Gasteiger partial charge in [-0.3, -0.25) is 9.59 Å². The van der Waals surface area contributed by atoms with Crippen LogP contribution in [0.3, 0.4) is 0 Å². The fourth-order valence-electron chi connectivity index (χ4n) is 2.26. The van der Waals surface area contributed by atoms with Crippen LogP contribution in [0.1, 0.15) is 32.6 Å². The highest BCUT2D eigenvalue weighted by Gasteiger charge is 2.25. The molecule has 3 N–H and O–H groups in total. The lowest BCUT2D eigenvalue weighted by molar-refractivity contribution is -0.133. The van der Waals surface area contributed by atoms with Crippen LogP contribution >= 0.6 is 0 Å². The van der Waals surface area contributed by atoms with E-state index in [1.54, 1.807) is 7.05 Å². The fourth-order valence-corrected chi connectivity index (χ4v) is 2.26. The Morgan fingerprint density at radius 1 is 1.35 bits per heavy atom. The van der Waals surface area contributed by atoms with E-state index in [4.69, 9.17) is 5.73 Å². The molecule has 1 rings (SSSR count). The summed E-state index contributed by atoms with van der Waals surface area (Å²) in [6.07, 6.45) is 4.42. The maximum Gasteiger partial charge on any atom is 0.239 e. The molecule has 5 nitrogen and oxygen atoms in total. The van der Waals surface area contributed by atoms with Gasteiger partial charge in [0.2, 0.25) is 11.8 Å². The summed E-state index contributed by atoms with van der Waals surface area (Å²) in [5, 5.41) is 2.99. The lowest BCUT2D eigenvalue weighted by Crippen LogP contribution is -2.48. The predicted octanol–water partition coefficient (Wildman–Crippen LogP) is 0.0984. The van der Waals surface area contributed by atoms with Crippen LogP contribution in [0.2, 0.25) is 0 Å². The van der Waals surface area contributed by atoms with Gasteiger partial charge in [0.05, 0.1) is 6.54 Å². The number of carbonyl (C=O) groups is 2. The van der Waals surface area contributed by atoms with E-state index in [-0.39, 0.29) is 24.4 Å². The molecule has 0 aromatic rings. The highest BCUT2D eigenvalue weighted by atomic mass is 16.2. The third-order valence-corrected chi connectivity index (χ3v) is 3.48. The van der Waals surface area contributed by atoms with Crippen molar-refractivity contribution in [1.82, 2.24) is 10.2 Å². The topological polar surface area (TPSA) is 75.4 Å². The van der Waals surface area contributed by atoms with E-state index >= 15 is 0 Å². The van der Waals surface area contributed by atoms with Crippen LogP contribution in [0.25, 0.3) is 0 Å². The molecule has 0 aromatic heterocycles. The number of nitrogens with zero attached hydrogens (tertiary/aromatic N) is 1. The second-order valence-corrected chi connectivity index (χ2v) is 4.83. The van der Waals surface area contributed by atoms with Gasteiger partial charge >= 0.3 is 0 Å². The molecular weight excluding hydrogens is 218 g/mol. The Balaban J connectivity index is 2.41. The Hall–Kier alpha value is -1.10. The van der Waals surface area contributed by atoms with Gasteiger partial charge in [-0.05, 0) is 25.3 Å². The van der Waals surface area contributed by atoms with Crippen molar-refractivity contribution in [3.8, 4) is 0 Å². The van der Waals surface area contributed by atoms with Crippen molar-refractivity contribution < 1.29 is 9.59 Å². The summed E-state index contributed by atoms with van der Waals surface area (Å²) < 4.78 is 0. The van der Waals surface area contributed by atoms with Crippen molar-refractivity contribution in [2.45, 2.75) is 38.6 Å². The van der Waals surface area contributed by atoms with Gasteiger partial charge in [-0.25, -0.2) is 0 Å². The SMILES string of the molecule is CC(=O)N(C)CC(=O)NC1CCCCC1CN.